The fraction of sp³-hybridized carbons (Fsp3) is 0.211. The third-order valence-corrected chi connectivity index (χ3v) is 3.11. The largest absolute Gasteiger partial charge is 0.487 e. The SMILES string of the molecule is C=C(C)COc1ccccc1NC(=O)CNc1cccc(C)c1. The molecule has 0 atom stereocenters. The van der Waals surface area contributed by atoms with Gasteiger partial charge >= 0.3 is 0 Å². The lowest BCUT2D eigenvalue weighted by atomic mass is 10.2. The van der Waals surface area contributed by atoms with Crippen molar-refractivity contribution in [2.45, 2.75) is 13.8 Å². The average Bonchev–Trinajstić information content (AvgIpc) is 2.52. The average molecular weight is 310 g/mol. The molecular formula is C19H22N2O2. The van der Waals surface area contributed by atoms with Crippen LogP contribution in [0.25, 0.3) is 0 Å². The van der Waals surface area contributed by atoms with Gasteiger partial charge < -0.3 is 15.4 Å². The van der Waals surface area contributed by atoms with Crippen LogP contribution in [0.1, 0.15) is 12.5 Å². The molecule has 0 unspecified atom stereocenters. The molecule has 0 saturated carbocycles. The molecule has 0 heterocycles. The molecule has 0 radical (unpaired) electrons. The van der Waals surface area contributed by atoms with Crippen molar-refractivity contribution in [3.63, 3.8) is 0 Å². The second-order valence-corrected chi connectivity index (χ2v) is 5.51. The minimum Gasteiger partial charge on any atom is -0.487 e. The Morgan fingerprint density at radius 1 is 1.17 bits per heavy atom. The zero-order valence-electron chi connectivity index (χ0n) is 13.6. The lowest BCUT2D eigenvalue weighted by Crippen LogP contribution is -2.22. The van der Waals surface area contributed by atoms with Gasteiger partial charge in [-0.25, -0.2) is 0 Å². The Kier molecular flexibility index (Phi) is 5.80. The van der Waals surface area contributed by atoms with Crippen molar-refractivity contribution in [1.82, 2.24) is 0 Å². The maximum atomic E-state index is 12.1. The summed E-state index contributed by atoms with van der Waals surface area (Å²) >= 11 is 0. The first-order valence-electron chi connectivity index (χ1n) is 7.51. The number of benzene rings is 2. The molecule has 2 rings (SSSR count). The van der Waals surface area contributed by atoms with E-state index in [1.54, 1.807) is 0 Å². The van der Waals surface area contributed by atoms with Gasteiger partial charge in [0.1, 0.15) is 12.4 Å². The number of hydrogen-bond donors (Lipinski definition) is 2. The Labute approximate surface area is 137 Å². The molecule has 0 bridgehead atoms. The van der Waals surface area contributed by atoms with Crippen molar-refractivity contribution in [2.75, 3.05) is 23.8 Å². The van der Waals surface area contributed by atoms with Crippen LogP contribution < -0.4 is 15.4 Å². The van der Waals surface area contributed by atoms with Gasteiger partial charge in [0.15, 0.2) is 0 Å². The number of nitrogens with one attached hydrogen (secondary N) is 2. The third-order valence-electron chi connectivity index (χ3n) is 3.11. The van der Waals surface area contributed by atoms with Crippen LogP contribution in [0.4, 0.5) is 11.4 Å². The summed E-state index contributed by atoms with van der Waals surface area (Å²) in [5.74, 6) is 0.511. The Hall–Kier alpha value is -2.75. The molecular weight excluding hydrogens is 288 g/mol. The van der Waals surface area contributed by atoms with Crippen LogP contribution in [0.15, 0.2) is 60.7 Å². The molecule has 0 aliphatic carbocycles. The maximum Gasteiger partial charge on any atom is 0.243 e. The molecule has 0 aliphatic heterocycles. The first-order chi connectivity index (χ1) is 11.0. The maximum absolute atomic E-state index is 12.1. The lowest BCUT2D eigenvalue weighted by molar-refractivity contribution is -0.114. The van der Waals surface area contributed by atoms with Gasteiger partial charge in [0.25, 0.3) is 0 Å². The van der Waals surface area contributed by atoms with Crippen molar-refractivity contribution in [2.24, 2.45) is 0 Å². The Morgan fingerprint density at radius 2 is 1.96 bits per heavy atom. The lowest BCUT2D eigenvalue weighted by Gasteiger charge is -2.13. The molecule has 23 heavy (non-hydrogen) atoms. The van der Waals surface area contributed by atoms with Crippen LogP contribution in [0.2, 0.25) is 0 Å². The normalized spacial score (nSPS) is 10.0. The molecule has 0 fully saturated rings. The number of amides is 1. The molecule has 4 heteroatoms. The van der Waals surface area contributed by atoms with E-state index in [-0.39, 0.29) is 12.5 Å². The zero-order valence-corrected chi connectivity index (χ0v) is 13.6. The van der Waals surface area contributed by atoms with E-state index in [2.05, 4.69) is 17.2 Å². The number of anilines is 2. The second-order valence-electron chi connectivity index (χ2n) is 5.51. The molecule has 0 aromatic heterocycles. The van der Waals surface area contributed by atoms with Crippen LogP contribution in [-0.4, -0.2) is 19.1 Å². The van der Waals surface area contributed by atoms with Crippen molar-refractivity contribution in [1.29, 1.82) is 0 Å². The summed E-state index contributed by atoms with van der Waals surface area (Å²) in [5, 5.41) is 5.97. The summed E-state index contributed by atoms with van der Waals surface area (Å²) in [5.41, 5.74) is 3.65. The van der Waals surface area contributed by atoms with Crippen LogP contribution >= 0.6 is 0 Å². The van der Waals surface area contributed by atoms with Crippen molar-refractivity contribution < 1.29 is 9.53 Å². The highest BCUT2D eigenvalue weighted by Crippen LogP contribution is 2.24. The molecule has 0 saturated heterocycles. The molecule has 120 valence electrons. The van der Waals surface area contributed by atoms with E-state index in [1.165, 1.54) is 0 Å². The topological polar surface area (TPSA) is 50.4 Å². The Balaban J connectivity index is 1.93. The fourth-order valence-corrected chi connectivity index (χ4v) is 2.03. The van der Waals surface area contributed by atoms with Crippen molar-refractivity contribution >= 4 is 17.3 Å². The summed E-state index contributed by atoms with van der Waals surface area (Å²) in [6, 6.07) is 15.3. The van der Waals surface area contributed by atoms with Crippen LogP contribution in [-0.2, 0) is 4.79 Å². The summed E-state index contributed by atoms with van der Waals surface area (Å²) < 4.78 is 5.64. The number of ether oxygens (including phenoxy) is 1. The molecule has 1 amide bonds. The van der Waals surface area contributed by atoms with E-state index >= 15 is 0 Å². The smallest absolute Gasteiger partial charge is 0.243 e. The number of para-hydroxylation sites is 2. The van der Waals surface area contributed by atoms with E-state index in [9.17, 15) is 4.79 Å². The van der Waals surface area contributed by atoms with Gasteiger partial charge in [-0.1, -0.05) is 30.8 Å². The molecule has 2 aromatic carbocycles. The van der Waals surface area contributed by atoms with Gasteiger partial charge in [-0.15, -0.1) is 0 Å². The predicted molar refractivity (Wildman–Crippen MR) is 95.0 cm³/mol. The predicted octanol–water partition coefficient (Wildman–Crippen LogP) is 4.00. The monoisotopic (exact) mass is 310 g/mol. The molecule has 0 spiro atoms. The summed E-state index contributed by atoms with van der Waals surface area (Å²) in [6.07, 6.45) is 0. The van der Waals surface area contributed by atoms with Crippen LogP contribution in [0.3, 0.4) is 0 Å². The first-order valence-corrected chi connectivity index (χ1v) is 7.51. The molecule has 2 N–H and O–H groups in total. The highest BCUT2D eigenvalue weighted by Gasteiger charge is 2.07. The summed E-state index contributed by atoms with van der Waals surface area (Å²) in [6.45, 7) is 8.34. The first kappa shape index (κ1) is 16.6. The van der Waals surface area contributed by atoms with Crippen LogP contribution in [0, 0.1) is 6.92 Å². The van der Waals surface area contributed by atoms with E-state index in [0.29, 0.717) is 18.0 Å². The summed E-state index contributed by atoms with van der Waals surface area (Å²) in [4.78, 5) is 12.1. The molecule has 0 aliphatic rings. The van der Waals surface area contributed by atoms with E-state index < -0.39 is 0 Å². The third kappa shape index (κ3) is 5.51. The summed E-state index contributed by atoms with van der Waals surface area (Å²) in [7, 11) is 0. The highest BCUT2D eigenvalue weighted by molar-refractivity contribution is 5.95. The number of carbonyl (C=O) groups excluding carboxylic acids is 1. The van der Waals surface area contributed by atoms with E-state index in [0.717, 1.165) is 16.8 Å². The highest BCUT2D eigenvalue weighted by atomic mass is 16.5. The van der Waals surface area contributed by atoms with Gasteiger partial charge in [0.2, 0.25) is 5.91 Å². The Bertz CT molecular complexity index is 695. The van der Waals surface area contributed by atoms with Gasteiger partial charge in [0, 0.05) is 5.69 Å². The minimum absolute atomic E-state index is 0.127. The van der Waals surface area contributed by atoms with E-state index in [1.807, 2.05) is 62.4 Å². The quantitative estimate of drug-likeness (QED) is 0.760. The van der Waals surface area contributed by atoms with E-state index in [4.69, 9.17) is 4.74 Å². The van der Waals surface area contributed by atoms with Gasteiger partial charge in [-0.05, 0) is 49.2 Å². The van der Waals surface area contributed by atoms with Gasteiger partial charge in [0.05, 0.1) is 12.2 Å². The standard InChI is InChI=1S/C19H22N2O2/c1-14(2)13-23-18-10-5-4-9-17(18)21-19(22)12-20-16-8-6-7-15(3)11-16/h4-11,20H,1,12-13H2,2-3H3,(H,21,22). The minimum atomic E-state index is -0.127. The Morgan fingerprint density at radius 3 is 2.70 bits per heavy atom. The second kappa shape index (κ2) is 8.03. The van der Waals surface area contributed by atoms with Crippen molar-refractivity contribution in [3.8, 4) is 5.75 Å². The van der Waals surface area contributed by atoms with Gasteiger partial charge in [-0.3, -0.25) is 4.79 Å². The number of hydrogen-bond acceptors (Lipinski definition) is 3. The van der Waals surface area contributed by atoms with Crippen LogP contribution in [0.5, 0.6) is 5.75 Å². The zero-order chi connectivity index (χ0) is 16.7. The fourth-order valence-electron chi connectivity index (χ4n) is 2.03. The molecule has 2 aromatic rings. The molecule has 4 nitrogen and oxygen atoms in total. The number of rotatable bonds is 7. The van der Waals surface area contributed by atoms with Crippen molar-refractivity contribution in [3.05, 3.63) is 66.2 Å². The number of carbonyl (C=O) groups is 1. The number of aryl methyl sites for hydroxylation is 1. The van der Waals surface area contributed by atoms with Gasteiger partial charge in [-0.2, -0.15) is 0 Å².